The molecule has 2 heteroatoms. The Bertz CT molecular complexity index is 94.9. The van der Waals surface area contributed by atoms with Crippen molar-refractivity contribution < 1.29 is 4.39 Å². The number of hydrogen-bond donors (Lipinski definition) is 0. The molecule has 0 unspecified atom stereocenters. The van der Waals surface area contributed by atoms with Crippen LogP contribution < -0.4 is 0 Å². The van der Waals surface area contributed by atoms with Crippen LogP contribution in [0.25, 0.3) is 0 Å². The maximum atomic E-state index is 12.1. The maximum Gasteiger partial charge on any atom is 0.105 e. The van der Waals surface area contributed by atoms with Gasteiger partial charge in [-0.1, -0.05) is 13.8 Å². The fourth-order valence-corrected chi connectivity index (χ4v) is 1.46. The van der Waals surface area contributed by atoms with Crippen molar-refractivity contribution >= 4 is 0 Å². The Kier molecular flexibility index (Phi) is 2.06. The molecule has 0 aromatic rings. The van der Waals surface area contributed by atoms with E-state index >= 15 is 0 Å². The number of hydrogen-bond acceptors (Lipinski definition) is 1. The Balaban J connectivity index is 2.29. The van der Waals surface area contributed by atoms with Gasteiger partial charge in [-0.15, -0.1) is 0 Å². The monoisotopic (exact) mass is 131 g/mol. The van der Waals surface area contributed by atoms with E-state index in [1.807, 2.05) is 0 Å². The summed E-state index contributed by atoms with van der Waals surface area (Å²) in [5.41, 5.74) is 0. The number of rotatable bonds is 2. The topological polar surface area (TPSA) is 3.24 Å². The fourth-order valence-electron chi connectivity index (χ4n) is 1.46. The van der Waals surface area contributed by atoms with E-state index in [4.69, 9.17) is 0 Å². The van der Waals surface area contributed by atoms with Crippen LogP contribution in [0.3, 0.4) is 0 Å². The largest absolute Gasteiger partial charge is 0.297 e. The van der Waals surface area contributed by atoms with Crippen LogP contribution in [0, 0.1) is 5.92 Å². The van der Waals surface area contributed by atoms with Gasteiger partial charge in [0.15, 0.2) is 0 Å². The lowest BCUT2D eigenvalue weighted by Gasteiger charge is -2.44. The minimum Gasteiger partial charge on any atom is -0.297 e. The second-order valence-electron chi connectivity index (χ2n) is 2.79. The van der Waals surface area contributed by atoms with Gasteiger partial charge in [-0.05, 0) is 12.5 Å². The van der Waals surface area contributed by atoms with Gasteiger partial charge in [0, 0.05) is 12.6 Å². The third-order valence-electron chi connectivity index (χ3n) is 2.21. The molecule has 1 aliphatic heterocycles. The molecule has 0 bridgehead atoms. The summed E-state index contributed by atoms with van der Waals surface area (Å²) in [6.07, 6.45) is 0. The second kappa shape index (κ2) is 2.65. The summed E-state index contributed by atoms with van der Waals surface area (Å²) >= 11 is 0. The zero-order chi connectivity index (χ0) is 6.85. The first-order chi connectivity index (χ1) is 4.29. The van der Waals surface area contributed by atoms with E-state index in [0.29, 0.717) is 5.92 Å². The van der Waals surface area contributed by atoms with Crippen LogP contribution in [0.2, 0.25) is 0 Å². The lowest BCUT2D eigenvalue weighted by atomic mass is 9.92. The van der Waals surface area contributed by atoms with E-state index in [2.05, 4.69) is 18.7 Å². The van der Waals surface area contributed by atoms with Crippen molar-refractivity contribution in [3.8, 4) is 0 Å². The van der Waals surface area contributed by atoms with E-state index in [-0.39, 0.29) is 12.7 Å². The standard InChI is InChI=1S/C7H14FN/c1-3-9-5-6(2)7(9)4-8/h6-7H,3-5H2,1-2H3/t6-,7+/m1/s1. The molecule has 0 amide bonds. The maximum absolute atomic E-state index is 12.1. The van der Waals surface area contributed by atoms with Crippen LogP contribution in [0.4, 0.5) is 4.39 Å². The highest BCUT2D eigenvalue weighted by atomic mass is 19.1. The molecular weight excluding hydrogens is 117 g/mol. The quantitative estimate of drug-likeness (QED) is 0.546. The van der Waals surface area contributed by atoms with E-state index in [0.717, 1.165) is 13.1 Å². The van der Waals surface area contributed by atoms with Crippen molar-refractivity contribution in [3.05, 3.63) is 0 Å². The average Bonchev–Trinajstić information content (AvgIpc) is 1.83. The van der Waals surface area contributed by atoms with Crippen molar-refractivity contribution in [2.45, 2.75) is 19.9 Å². The molecular formula is C7H14FN. The summed E-state index contributed by atoms with van der Waals surface area (Å²) in [4.78, 5) is 2.17. The second-order valence-corrected chi connectivity index (χ2v) is 2.79. The van der Waals surface area contributed by atoms with Crippen molar-refractivity contribution in [3.63, 3.8) is 0 Å². The fraction of sp³-hybridized carbons (Fsp3) is 1.00. The molecule has 0 radical (unpaired) electrons. The normalized spacial score (nSPS) is 36.3. The van der Waals surface area contributed by atoms with Gasteiger partial charge in [0.05, 0.1) is 0 Å². The molecule has 0 N–H and O–H groups in total. The Morgan fingerprint density at radius 1 is 1.67 bits per heavy atom. The molecule has 1 rings (SSSR count). The van der Waals surface area contributed by atoms with Gasteiger partial charge >= 0.3 is 0 Å². The predicted octanol–water partition coefficient (Wildman–Crippen LogP) is 1.30. The lowest BCUT2D eigenvalue weighted by Crippen LogP contribution is -2.55. The van der Waals surface area contributed by atoms with Gasteiger partial charge < -0.3 is 0 Å². The van der Waals surface area contributed by atoms with E-state index in [9.17, 15) is 4.39 Å². The molecule has 54 valence electrons. The average molecular weight is 131 g/mol. The highest BCUT2D eigenvalue weighted by Crippen LogP contribution is 2.23. The van der Waals surface area contributed by atoms with E-state index < -0.39 is 0 Å². The van der Waals surface area contributed by atoms with Crippen molar-refractivity contribution in [1.29, 1.82) is 0 Å². The lowest BCUT2D eigenvalue weighted by molar-refractivity contribution is 0.0147. The van der Waals surface area contributed by atoms with Gasteiger partial charge in [0.2, 0.25) is 0 Å². The van der Waals surface area contributed by atoms with Crippen molar-refractivity contribution in [1.82, 2.24) is 4.90 Å². The molecule has 9 heavy (non-hydrogen) atoms. The van der Waals surface area contributed by atoms with Crippen molar-refractivity contribution in [2.24, 2.45) is 5.92 Å². The third-order valence-corrected chi connectivity index (χ3v) is 2.21. The van der Waals surface area contributed by atoms with E-state index in [1.165, 1.54) is 0 Å². The predicted molar refractivity (Wildman–Crippen MR) is 36.2 cm³/mol. The highest BCUT2D eigenvalue weighted by molar-refractivity contribution is 4.87. The zero-order valence-corrected chi connectivity index (χ0v) is 6.10. The number of likely N-dealkylation sites (tertiary alicyclic amines) is 1. The minimum atomic E-state index is -0.172. The van der Waals surface area contributed by atoms with Crippen LogP contribution in [-0.2, 0) is 0 Å². The molecule has 1 heterocycles. The summed E-state index contributed by atoms with van der Waals surface area (Å²) < 4.78 is 12.1. The highest BCUT2D eigenvalue weighted by Gasteiger charge is 2.33. The Morgan fingerprint density at radius 3 is 2.56 bits per heavy atom. The van der Waals surface area contributed by atoms with Crippen LogP contribution >= 0.6 is 0 Å². The first kappa shape index (κ1) is 7.00. The Morgan fingerprint density at radius 2 is 2.33 bits per heavy atom. The molecule has 0 aromatic carbocycles. The van der Waals surface area contributed by atoms with Gasteiger partial charge in [-0.3, -0.25) is 4.90 Å². The molecule has 1 saturated heterocycles. The molecule has 0 aromatic heterocycles. The Hall–Kier alpha value is -0.110. The minimum absolute atomic E-state index is 0.172. The molecule has 1 nitrogen and oxygen atoms in total. The van der Waals surface area contributed by atoms with Crippen molar-refractivity contribution in [2.75, 3.05) is 19.8 Å². The van der Waals surface area contributed by atoms with Crippen LogP contribution in [-0.4, -0.2) is 30.7 Å². The molecule has 2 atom stereocenters. The van der Waals surface area contributed by atoms with Crippen LogP contribution in [0.5, 0.6) is 0 Å². The SMILES string of the molecule is CCN1C[C@@H](C)[C@@H]1CF. The first-order valence-corrected chi connectivity index (χ1v) is 3.59. The van der Waals surface area contributed by atoms with E-state index in [1.54, 1.807) is 0 Å². The summed E-state index contributed by atoms with van der Waals surface area (Å²) in [5, 5.41) is 0. The van der Waals surface area contributed by atoms with Gasteiger partial charge in [0.1, 0.15) is 6.67 Å². The number of nitrogens with zero attached hydrogens (tertiary/aromatic N) is 1. The summed E-state index contributed by atoms with van der Waals surface area (Å²) in [5.74, 6) is 0.579. The molecule has 1 aliphatic rings. The Labute approximate surface area is 55.8 Å². The van der Waals surface area contributed by atoms with Gasteiger partial charge in [-0.25, -0.2) is 4.39 Å². The summed E-state index contributed by atoms with van der Waals surface area (Å²) in [7, 11) is 0. The first-order valence-electron chi connectivity index (χ1n) is 3.59. The molecule has 0 spiro atoms. The van der Waals surface area contributed by atoms with Gasteiger partial charge in [-0.2, -0.15) is 0 Å². The van der Waals surface area contributed by atoms with Gasteiger partial charge in [0.25, 0.3) is 0 Å². The molecule has 0 saturated carbocycles. The third kappa shape index (κ3) is 1.08. The van der Waals surface area contributed by atoms with Crippen LogP contribution in [0.1, 0.15) is 13.8 Å². The molecule has 0 aliphatic carbocycles. The summed E-state index contributed by atoms with van der Waals surface area (Å²) in [6.45, 7) is 6.10. The zero-order valence-electron chi connectivity index (χ0n) is 6.10. The number of alkyl halides is 1. The molecule has 1 fully saturated rings. The van der Waals surface area contributed by atoms with Crippen LogP contribution in [0.15, 0.2) is 0 Å². The summed E-state index contributed by atoms with van der Waals surface area (Å²) in [6, 6.07) is 0.231. The number of halogens is 1. The smallest absolute Gasteiger partial charge is 0.105 e.